The Morgan fingerprint density at radius 1 is 0.737 bits per heavy atom. The third kappa shape index (κ3) is 5.32. The lowest BCUT2D eigenvalue weighted by Gasteiger charge is -1.92. The van der Waals surface area contributed by atoms with E-state index in [4.69, 9.17) is 0 Å². The van der Waals surface area contributed by atoms with E-state index in [1.54, 1.807) is 23.0 Å². The van der Waals surface area contributed by atoms with Crippen molar-refractivity contribution in [1.82, 2.24) is 4.98 Å². The van der Waals surface area contributed by atoms with E-state index in [2.05, 4.69) is 41.4 Å². The van der Waals surface area contributed by atoms with E-state index in [0.29, 0.717) is 0 Å². The molecular weight excluding hydrogens is 250 g/mol. The smallest absolute Gasteiger partial charge is 0.0791 e. The molecular formula is C17H15NS. The highest BCUT2D eigenvalue weighted by Gasteiger charge is 1.84. The van der Waals surface area contributed by atoms with Gasteiger partial charge < -0.3 is 0 Å². The first kappa shape index (κ1) is 13.2. The van der Waals surface area contributed by atoms with E-state index in [-0.39, 0.29) is 0 Å². The van der Waals surface area contributed by atoms with Crippen molar-refractivity contribution >= 4 is 23.5 Å². The molecule has 0 amide bonds. The fourth-order valence-corrected chi connectivity index (χ4v) is 1.85. The summed E-state index contributed by atoms with van der Waals surface area (Å²) in [6, 6.07) is 20.6. The largest absolute Gasteiger partial charge is 0.253 e. The zero-order chi connectivity index (χ0) is 13.2. The predicted molar refractivity (Wildman–Crippen MR) is 83.9 cm³/mol. The SMILES string of the molecule is C(=C\c1ccccc1)/c1ccccc1.c1cscn1. The van der Waals surface area contributed by atoms with Gasteiger partial charge in [-0.2, -0.15) is 0 Å². The molecule has 1 nitrogen and oxygen atoms in total. The molecule has 2 aromatic carbocycles. The number of thiazole rings is 1. The summed E-state index contributed by atoms with van der Waals surface area (Å²) in [6.45, 7) is 0. The summed E-state index contributed by atoms with van der Waals surface area (Å²) >= 11 is 1.60. The highest BCUT2D eigenvalue weighted by Crippen LogP contribution is 2.06. The van der Waals surface area contributed by atoms with Crippen molar-refractivity contribution in [2.45, 2.75) is 0 Å². The summed E-state index contributed by atoms with van der Waals surface area (Å²) in [5.74, 6) is 0. The topological polar surface area (TPSA) is 12.9 Å². The van der Waals surface area contributed by atoms with Crippen molar-refractivity contribution < 1.29 is 0 Å². The lowest BCUT2D eigenvalue weighted by atomic mass is 10.1. The van der Waals surface area contributed by atoms with Crippen molar-refractivity contribution in [3.8, 4) is 0 Å². The highest BCUT2D eigenvalue weighted by atomic mass is 32.1. The average Bonchev–Trinajstić information content (AvgIpc) is 3.07. The fraction of sp³-hybridized carbons (Fsp3) is 0. The maximum Gasteiger partial charge on any atom is 0.0791 e. The van der Waals surface area contributed by atoms with Gasteiger partial charge in [-0.1, -0.05) is 72.8 Å². The highest BCUT2D eigenvalue weighted by molar-refractivity contribution is 7.07. The molecule has 3 rings (SSSR count). The summed E-state index contributed by atoms with van der Waals surface area (Å²) in [5.41, 5.74) is 4.26. The second-order valence-electron chi connectivity index (χ2n) is 3.83. The second-order valence-corrected chi connectivity index (χ2v) is 4.59. The van der Waals surface area contributed by atoms with Gasteiger partial charge in [-0.15, -0.1) is 11.3 Å². The normalized spacial score (nSPS) is 9.89. The molecule has 0 bridgehead atoms. The predicted octanol–water partition coefficient (Wildman–Crippen LogP) is 5.00. The molecule has 1 aromatic heterocycles. The Bertz CT molecular complexity index is 512. The lowest BCUT2D eigenvalue weighted by Crippen LogP contribution is -1.70. The average molecular weight is 265 g/mol. The minimum absolute atomic E-state index is 1.23. The number of hydrogen-bond acceptors (Lipinski definition) is 2. The van der Waals surface area contributed by atoms with Gasteiger partial charge >= 0.3 is 0 Å². The van der Waals surface area contributed by atoms with Crippen LogP contribution in [0.3, 0.4) is 0 Å². The Labute approximate surface area is 117 Å². The minimum Gasteiger partial charge on any atom is -0.253 e. The Morgan fingerprint density at radius 3 is 1.58 bits per heavy atom. The Balaban J connectivity index is 0.000000224. The molecule has 1 heterocycles. The van der Waals surface area contributed by atoms with Crippen molar-refractivity contribution in [3.05, 3.63) is 88.9 Å². The van der Waals surface area contributed by atoms with E-state index in [1.165, 1.54) is 11.1 Å². The van der Waals surface area contributed by atoms with Crippen LogP contribution in [0.4, 0.5) is 0 Å². The summed E-state index contributed by atoms with van der Waals surface area (Å²) in [4.78, 5) is 3.74. The van der Waals surface area contributed by atoms with Gasteiger partial charge in [-0.25, -0.2) is 0 Å². The first-order chi connectivity index (χ1) is 9.45. The number of hydrogen-bond donors (Lipinski definition) is 0. The van der Waals surface area contributed by atoms with Crippen LogP contribution in [0.5, 0.6) is 0 Å². The van der Waals surface area contributed by atoms with E-state index >= 15 is 0 Å². The van der Waals surface area contributed by atoms with Crippen LogP contribution < -0.4 is 0 Å². The zero-order valence-corrected chi connectivity index (χ0v) is 11.3. The van der Waals surface area contributed by atoms with Crippen LogP contribution in [0.15, 0.2) is 77.8 Å². The molecule has 2 heteroatoms. The molecule has 0 spiro atoms. The van der Waals surface area contributed by atoms with Crippen molar-refractivity contribution in [3.63, 3.8) is 0 Å². The van der Waals surface area contributed by atoms with Gasteiger partial charge in [-0.3, -0.25) is 4.98 Å². The fourth-order valence-electron chi connectivity index (χ4n) is 1.50. The van der Waals surface area contributed by atoms with Gasteiger partial charge in [-0.05, 0) is 11.1 Å². The standard InChI is InChI=1S/C14H12.C3H3NS/c1-3-7-13(8-4-1)11-12-14-9-5-2-6-10-14;1-2-5-3-4-1/h1-12H;1-3H/b12-11+;. The molecule has 0 N–H and O–H groups in total. The first-order valence-corrected chi connectivity index (χ1v) is 7.00. The van der Waals surface area contributed by atoms with Crippen LogP contribution >= 0.6 is 11.3 Å². The number of aromatic nitrogens is 1. The molecule has 19 heavy (non-hydrogen) atoms. The summed E-state index contributed by atoms with van der Waals surface area (Å²) < 4.78 is 0. The Hall–Kier alpha value is -2.19. The molecule has 0 atom stereocenters. The Morgan fingerprint density at radius 2 is 1.26 bits per heavy atom. The monoisotopic (exact) mass is 265 g/mol. The van der Waals surface area contributed by atoms with Crippen LogP contribution in [0.25, 0.3) is 12.2 Å². The summed E-state index contributed by atoms with van der Waals surface area (Å²) in [7, 11) is 0. The Kier molecular flexibility index (Phi) is 5.58. The third-order valence-corrected chi connectivity index (χ3v) is 2.94. The molecule has 0 fully saturated rings. The van der Waals surface area contributed by atoms with Gasteiger partial charge in [0, 0.05) is 11.6 Å². The zero-order valence-electron chi connectivity index (χ0n) is 10.5. The molecule has 0 radical (unpaired) electrons. The summed E-state index contributed by atoms with van der Waals surface area (Å²) in [6.07, 6.45) is 6.01. The van der Waals surface area contributed by atoms with Crippen LogP contribution in [0.2, 0.25) is 0 Å². The van der Waals surface area contributed by atoms with Crippen molar-refractivity contribution in [1.29, 1.82) is 0 Å². The van der Waals surface area contributed by atoms with Crippen LogP contribution in [-0.4, -0.2) is 4.98 Å². The maximum atomic E-state index is 3.74. The first-order valence-electron chi connectivity index (χ1n) is 6.05. The number of nitrogens with zero attached hydrogens (tertiary/aromatic N) is 1. The summed E-state index contributed by atoms with van der Waals surface area (Å²) in [5, 5.41) is 1.93. The molecule has 3 aromatic rings. The lowest BCUT2D eigenvalue weighted by molar-refractivity contribution is 1.43. The molecule has 0 aliphatic carbocycles. The van der Waals surface area contributed by atoms with E-state index in [9.17, 15) is 0 Å². The number of benzene rings is 2. The van der Waals surface area contributed by atoms with Crippen LogP contribution in [-0.2, 0) is 0 Å². The second kappa shape index (κ2) is 8.01. The van der Waals surface area contributed by atoms with Crippen molar-refractivity contribution in [2.24, 2.45) is 0 Å². The quantitative estimate of drug-likeness (QED) is 0.594. The van der Waals surface area contributed by atoms with Gasteiger partial charge in [0.1, 0.15) is 0 Å². The van der Waals surface area contributed by atoms with Gasteiger partial charge in [0.2, 0.25) is 0 Å². The molecule has 0 aliphatic heterocycles. The van der Waals surface area contributed by atoms with E-state index in [0.717, 1.165) is 0 Å². The molecule has 0 saturated heterocycles. The van der Waals surface area contributed by atoms with E-state index < -0.39 is 0 Å². The maximum absolute atomic E-state index is 3.74. The molecule has 0 saturated carbocycles. The molecule has 0 unspecified atom stereocenters. The van der Waals surface area contributed by atoms with Crippen molar-refractivity contribution in [2.75, 3.05) is 0 Å². The minimum atomic E-state index is 1.23. The molecule has 94 valence electrons. The molecule has 0 aliphatic rings. The van der Waals surface area contributed by atoms with Gasteiger partial charge in [0.05, 0.1) is 5.51 Å². The number of rotatable bonds is 2. The van der Waals surface area contributed by atoms with Gasteiger partial charge in [0.15, 0.2) is 0 Å². The van der Waals surface area contributed by atoms with Crippen LogP contribution in [0, 0.1) is 0 Å². The van der Waals surface area contributed by atoms with E-state index in [1.807, 2.05) is 41.8 Å². The third-order valence-electron chi connectivity index (χ3n) is 2.41. The van der Waals surface area contributed by atoms with Crippen LogP contribution in [0.1, 0.15) is 11.1 Å². The van der Waals surface area contributed by atoms with Gasteiger partial charge in [0.25, 0.3) is 0 Å².